The molecule has 12 N–H and O–H groups in total. The number of carbonyl (C=O) groups is 1. The Labute approximate surface area is 566 Å². The van der Waals surface area contributed by atoms with Crippen LogP contribution in [0.15, 0.2) is 60.8 Å². The van der Waals surface area contributed by atoms with Crippen LogP contribution in [0.25, 0.3) is 0 Å². The normalized spacial score (nSPS) is 27.7. The molecule has 17 unspecified atom stereocenters. The summed E-state index contributed by atoms with van der Waals surface area (Å²) in [4.78, 5) is 13.4. The van der Waals surface area contributed by atoms with Crippen LogP contribution in [0.3, 0.4) is 0 Å². The number of ether oxygens (including phenoxy) is 6. The Morgan fingerprint density at radius 3 is 1.14 bits per heavy atom. The molecule has 548 valence electrons. The number of allylic oxidation sites excluding steroid dienone is 9. The van der Waals surface area contributed by atoms with Crippen LogP contribution in [0.2, 0.25) is 0 Å². The van der Waals surface area contributed by atoms with Crippen LogP contribution < -0.4 is 5.32 Å². The molecule has 0 spiro atoms. The SMILES string of the molecule is CCCCCCC/C=C\C/C=C\C/C=C\CCCCCCCCCCCCC(=O)NC(COC1OC(CO)C(OC2OC(CO)C(OC3OC(CO)C(O)C(O)C3O)C(O)C2O)C(O)C1O)C(O)/C=C/CC/C=C/CCCCCCCCCCCCCCCCCCCC. The second-order valence-electron chi connectivity index (χ2n) is 26.7. The quantitative estimate of drug-likeness (QED) is 0.0199. The first-order valence-corrected chi connectivity index (χ1v) is 37.5. The van der Waals surface area contributed by atoms with Gasteiger partial charge in [0.2, 0.25) is 5.91 Å². The molecule has 3 rings (SSSR count). The van der Waals surface area contributed by atoms with E-state index in [2.05, 4.69) is 67.8 Å². The molecular weight excluding hydrogens is 1200 g/mol. The number of unbranched alkanes of at least 4 members (excludes halogenated alkanes) is 34. The molecule has 0 saturated carbocycles. The van der Waals surface area contributed by atoms with Gasteiger partial charge in [-0.05, 0) is 70.6 Å². The van der Waals surface area contributed by atoms with E-state index in [9.17, 15) is 61.0 Å². The first kappa shape index (κ1) is 85.7. The topological polar surface area (TPSA) is 307 Å². The smallest absolute Gasteiger partial charge is 0.220 e. The minimum absolute atomic E-state index is 0.229. The first-order chi connectivity index (χ1) is 45.8. The van der Waals surface area contributed by atoms with E-state index in [1.807, 2.05) is 6.08 Å². The summed E-state index contributed by atoms with van der Waals surface area (Å²) in [6.45, 7) is 1.73. The third kappa shape index (κ3) is 37.1. The predicted octanol–water partition coefficient (Wildman–Crippen LogP) is 11.1. The van der Waals surface area contributed by atoms with E-state index in [-0.39, 0.29) is 18.9 Å². The standard InChI is InChI=1S/C75H135NO18/c1-3-5-7-9-11-13-15-17-19-21-23-25-27-29-31-33-35-37-39-41-43-45-47-49-51-53-63(81)76-58(59(80)52-50-48-46-44-42-40-38-36-34-32-30-28-26-24-22-20-18-16-14-12-10-8-6-4-2)57-89-73-69(87)66(84)71(61(55-78)91-73)94-75-70(88)67(85)72(62(56-79)92-75)93-74-68(86)65(83)64(82)60(54-77)90-74/h15,17,21,23,27,29,42,44,50,52,58-62,64-75,77-80,82-88H,3-14,16,18-20,22,24-26,28,30-41,43,45-49,51,53-57H2,1-2H3,(H,76,81)/b17-15-,23-21-,29-27-,44-42+,52-50+. The summed E-state index contributed by atoms with van der Waals surface area (Å²) < 4.78 is 34.4. The van der Waals surface area contributed by atoms with Crippen LogP contribution >= 0.6 is 0 Å². The van der Waals surface area contributed by atoms with Gasteiger partial charge in [0, 0.05) is 6.42 Å². The van der Waals surface area contributed by atoms with E-state index < -0.39 is 124 Å². The molecule has 17 atom stereocenters. The maximum atomic E-state index is 13.4. The summed E-state index contributed by atoms with van der Waals surface area (Å²) in [5, 5.41) is 121. The fourth-order valence-corrected chi connectivity index (χ4v) is 12.5. The summed E-state index contributed by atoms with van der Waals surface area (Å²) in [5.41, 5.74) is 0. The molecule has 3 fully saturated rings. The summed E-state index contributed by atoms with van der Waals surface area (Å²) in [6, 6.07) is -0.996. The second-order valence-corrected chi connectivity index (χ2v) is 26.7. The fourth-order valence-electron chi connectivity index (χ4n) is 12.5. The Kier molecular flexibility index (Phi) is 51.3. The molecule has 0 aromatic heterocycles. The zero-order valence-electron chi connectivity index (χ0n) is 58.2. The minimum atomic E-state index is -1.98. The molecule has 0 bridgehead atoms. The van der Waals surface area contributed by atoms with Gasteiger partial charge in [-0.2, -0.15) is 0 Å². The Bertz CT molecular complexity index is 1940. The number of aliphatic hydroxyl groups is 11. The van der Waals surface area contributed by atoms with Gasteiger partial charge in [0.05, 0.1) is 38.6 Å². The van der Waals surface area contributed by atoms with E-state index >= 15 is 0 Å². The Morgan fingerprint density at radius 1 is 0.383 bits per heavy atom. The summed E-state index contributed by atoms with van der Waals surface area (Å²) in [5.74, 6) is -0.288. The molecular formula is C75H135NO18. The van der Waals surface area contributed by atoms with Gasteiger partial charge >= 0.3 is 0 Å². The number of nitrogens with one attached hydrogen (secondary N) is 1. The number of aliphatic hydroxyl groups excluding tert-OH is 11. The molecule has 0 radical (unpaired) electrons. The van der Waals surface area contributed by atoms with Gasteiger partial charge in [0.25, 0.3) is 0 Å². The zero-order chi connectivity index (χ0) is 68.2. The fraction of sp³-hybridized carbons (Fsp3) is 0.853. The van der Waals surface area contributed by atoms with Crippen molar-refractivity contribution in [1.82, 2.24) is 5.32 Å². The van der Waals surface area contributed by atoms with Gasteiger partial charge in [-0.15, -0.1) is 0 Å². The second kappa shape index (κ2) is 56.3. The summed E-state index contributed by atoms with van der Waals surface area (Å²) in [7, 11) is 0. The zero-order valence-corrected chi connectivity index (χ0v) is 58.2. The lowest BCUT2D eigenvalue weighted by Crippen LogP contribution is -2.66. The first-order valence-electron chi connectivity index (χ1n) is 37.5. The van der Waals surface area contributed by atoms with Crippen LogP contribution in [0, 0.1) is 0 Å². The Morgan fingerprint density at radius 2 is 0.713 bits per heavy atom. The van der Waals surface area contributed by atoms with Crippen LogP contribution in [0.5, 0.6) is 0 Å². The van der Waals surface area contributed by atoms with E-state index in [0.717, 1.165) is 64.2 Å². The average molecular weight is 1340 g/mol. The van der Waals surface area contributed by atoms with Crippen LogP contribution in [-0.2, 0) is 33.2 Å². The molecule has 19 heteroatoms. The Balaban J connectivity index is 1.43. The average Bonchev–Trinajstić information content (AvgIpc) is 0.788. The highest BCUT2D eigenvalue weighted by molar-refractivity contribution is 5.76. The van der Waals surface area contributed by atoms with E-state index in [1.54, 1.807) is 6.08 Å². The number of rotatable bonds is 58. The molecule has 0 aromatic carbocycles. The molecule has 3 heterocycles. The lowest BCUT2D eigenvalue weighted by Gasteiger charge is -2.48. The van der Waals surface area contributed by atoms with Gasteiger partial charge in [0.1, 0.15) is 73.2 Å². The third-order valence-electron chi connectivity index (χ3n) is 18.5. The van der Waals surface area contributed by atoms with Crippen molar-refractivity contribution < 1.29 is 89.4 Å². The van der Waals surface area contributed by atoms with E-state index in [1.165, 1.54) is 180 Å². The van der Waals surface area contributed by atoms with E-state index in [4.69, 9.17) is 28.4 Å². The molecule has 0 aromatic rings. The van der Waals surface area contributed by atoms with Crippen molar-refractivity contribution in [2.75, 3.05) is 26.4 Å². The highest BCUT2D eigenvalue weighted by Gasteiger charge is 2.53. The largest absolute Gasteiger partial charge is 0.394 e. The summed E-state index contributed by atoms with van der Waals surface area (Å²) in [6.07, 6.45) is 43.4. The van der Waals surface area contributed by atoms with Gasteiger partial charge in [-0.1, -0.05) is 261 Å². The van der Waals surface area contributed by atoms with Crippen molar-refractivity contribution in [2.24, 2.45) is 0 Å². The van der Waals surface area contributed by atoms with Crippen LogP contribution in [-0.4, -0.2) is 193 Å². The van der Waals surface area contributed by atoms with Crippen molar-refractivity contribution in [3.8, 4) is 0 Å². The highest BCUT2D eigenvalue weighted by Crippen LogP contribution is 2.33. The predicted molar refractivity (Wildman–Crippen MR) is 369 cm³/mol. The van der Waals surface area contributed by atoms with Gasteiger partial charge < -0.3 is 89.9 Å². The number of carbonyl (C=O) groups excluding carboxylic acids is 1. The van der Waals surface area contributed by atoms with Gasteiger partial charge in [0.15, 0.2) is 18.9 Å². The molecule has 3 aliphatic rings. The number of hydrogen-bond donors (Lipinski definition) is 12. The molecule has 94 heavy (non-hydrogen) atoms. The third-order valence-corrected chi connectivity index (χ3v) is 18.5. The lowest BCUT2D eigenvalue weighted by molar-refractivity contribution is -0.379. The lowest BCUT2D eigenvalue weighted by atomic mass is 9.96. The van der Waals surface area contributed by atoms with Crippen molar-refractivity contribution in [2.45, 2.75) is 381 Å². The number of hydrogen-bond acceptors (Lipinski definition) is 18. The number of amides is 1. The van der Waals surface area contributed by atoms with Gasteiger partial charge in [-0.25, -0.2) is 0 Å². The van der Waals surface area contributed by atoms with Crippen LogP contribution in [0.1, 0.15) is 277 Å². The molecule has 3 aliphatic heterocycles. The monoisotopic (exact) mass is 1340 g/mol. The minimum Gasteiger partial charge on any atom is -0.394 e. The molecule has 0 aliphatic carbocycles. The molecule has 19 nitrogen and oxygen atoms in total. The van der Waals surface area contributed by atoms with Crippen molar-refractivity contribution in [1.29, 1.82) is 0 Å². The van der Waals surface area contributed by atoms with Crippen molar-refractivity contribution in [3.05, 3.63) is 60.8 Å². The summed E-state index contributed by atoms with van der Waals surface area (Å²) >= 11 is 0. The van der Waals surface area contributed by atoms with E-state index in [0.29, 0.717) is 12.8 Å². The van der Waals surface area contributed by atoms with Crippen molar-refractivity contribution >= 4 is 5.91 Å². The van der Waals surface area contributed by atoms with Crippen LogP contribution in [0.4, 0.5) is 0 Å². The maximum Gasteiger partial charge on any atom is 0.220 e. The van der Waals surface area contributed by atoms with Gasteiger partial charge in [-0.3, -0.25) is 4.79 Å². The molecule has 3 saturated heterocycles. The van der Waals surface area contributed by atoms with Crippen molar-refractivity contribution in [3.63, 3.8) is 0 Å². The maximum absolute atomic E-state index is 13.4. The highest BCUT2D eigenvalue weighted by atomic mass is 16.8. The Hall–Kier alpha value is -2.51. The molecule has 1 amide bonds.